The summed E-state index contributed by atoms with van der Waals surface area (Å²) in [6, 6.07) is 3.21. The van der Waals surface area contributed by atoms with E-state index in [0.717, 1.165) is 0 Å². The predicted molar refractivity (Wildman–Crippen MR) is 68.0 cm³/mol. The molecule has 0 N–H and O–H groups in total. The molecule has 1 aromatic rings. The maximum atomic E-state index is 12.1. The maximum absolute atomic E-state index is 12.1. The van der Waals surface area contributed by atoms with Crippen LogP contribution in [0, 0.1) is 0 Å². The van der Waals surface area contributed by atoms with E-state index in [1.807, 2.05) is 0 Å². The van der Waals surface area contributed by atoms with Crippen LogP contribution in [-0.4, -0.2) is 28.5 Å². The van der Waals surface area contributed by atoms with E-state index < -0.39 is 0 Å². The molecule has 1 rings (SSSR count). The molecule has 0 atom stereocenters. The molecule has 1 aromatic heterocycles. The zero-order chi connectivity index (χ0) is 12.8. The van der Waals surface area contributed by atoms with Crippen molar-refractivity contribution in [3.8, 4) is 0 Å². The molecule has 1 amide bonds. The second-order valence-electron chi connectivity index (χ2n) is 3.63. The van der Waals surface area contributed by atoms with Crippen LogP contribution in [0.2, 0.25) is 0 Å². The Balaban J connectivity index is 3.09. The van der Waals surface area contributed by atoms with Gasteiger partial charge >= 0.3 is 0 Å². The number of carbonyl (C=O) groups excluding carboxylic acids is 1. The van der Waals surface area contributed by atoms with Crippen LogP contribution in [0.1, 0.15) is 10.4 Å². The number of carbonyl (C=O) groups is 1. The highest BCUT2D eigenvalue weighted by atomic mass is 16.2. The number of hydrogen-bond acceptors (Lipinski definition) is 2. The van der Waals surface area contributed by atoms with Crippen molar-refractivity contribution in [3.05, 3.63) is 59.6 Å². The van der Waals surface area contributed by atoms with Crippen LogP contribution in [0.3, 0.4) is 0 Å². The molecule has 0 aliphatic carbocycles. The molecule has 17 heavy (non-hydrogen) atoms. The van der Waals surface area contributed by atoms with Crippen molar-refractivity contribution in [2.75, 3.05) is 13.1 Å². The van der Waals surface area contributed by atoms with E-state index in [1.54, 1.807) is 31.5 Å². The van der Waals surface area contributed by atoms with Crippen molar-refractivity contribution in [3.63, 3.8) is 0 Å². The van der Waals surface area contributed by atoms with Gasteiger partial charge in [-0.2, -0.15) is 0 Å². The van der Waals surface area contributed by atoms with Crippen molar-refractivity contribution in [1.82, 2.24) is 9.47 Å². The minimum Gasteiger partial charge on any atom is -0.331 e. The lowest BCUT2D eigenvalue weighted by Crippen LogP contribution is -2.36. The highest BCUT2D eigenvalue weighted by Crippen LogP contribution is 2.00. The van der Waals surface area contributed by atoms with Crippen molar-refractivity contribution < 1.29 is 4.79 Å². The van der Waals surface area contributed by atoms with Crippen LogP contribution in [0.5, 0.6) is 0 Å². The molecule has 0 fully saturated rings. The second kappa shape index (κ2) is 5.84. The van der Waals surface area contributed by atoms with E-state index in [4.69, 9.17) is 0 Å². The summed E-state index contributed by atoms with van der Waals surface area (Å²) in [7, 11) is 1.62. The lowest BCUT2D eigenvalue weighted by Gasteiger charge is -2.18. The first-order valence-corrected chi connectivity index (χ1v) is 5.28. The van der Waals surface area contributed by atoms with Crippen molar-refractivity contribution >= 4 is 5.91 Å². The van der Waals surface area contributed by atoms with E-state index in [0.29, 0.717) is 13.1 Å². The molecule has 0 spiro atoms. The van der Waals surface area contributed by atoms with Gasteiger partial charge < -0.3 is 9.47 Å². The number of rotatable bonds is 5. The van der Waals surface area contributed by atoms with Crippen LogP contribution in [0.15, 0.2) is 48.4 Å². The van der Waals surface area contributed by atoms with Gasteiger partial charge in [-0.05, 0) is 12.1 Å². The zero-order valence-electron chi connectivity index (χ0n) is 9.93. The first kappa shape index (κ1) is 13.0. The van der Waals surface area contributed by atoms with Gasteiger partial charge in [0.25, 0.3) is 11.5 Å². The summed E-state index contributed by atoms with van der Waals surface area (Å²) < 4.78 is 1.38. The van der Waals surface area contributed by atoms with Gasteiger partial charge in [-0.3, -0.25) is 9.59 Å². The second-order valence-corrected chi connectivity index (χ2v) is 3.63. The Labute approximate surface area is 100 Å². The third kappa shape index (κ3) is 2.93. The molecule has 0 unspecified atom stereocenters. The summed E-state index contributed by atoms with van der Waals surface area (Å²) in [5.74, 6) is -0.300. The first-order valence-electron chi connectivity index (χ1n) is 5.28. The fourth-order valence-corrected chi connectivity index (χ4v) is 1.48. The molecule has 0 saturated heterocycles. The van der Waals surface area contributed by atoms with Gasteiger partial charge in [0.2, 0.25) is 0 Å². The van der Waals surface area contributed by atoms with Gasteiger partial charge in [0.15, 0.2) is 0 Å². The summed E-state index contributed by atoms with van der Waals surface area (Å²) in [5, 5.41) is 0. The Bertz CT molecular complexity index is 478. The number of hydrogen-bond donors (Lipinski definition) is 0. The van der Waals surface area contributed by atoms with Gasteiger partial charge in [-0.25, -0.2) is 0 Å². The van der Waals surface area contributed by atoms with Gasteiger partial charge in [0, 0.05) is 26.3 Å². The molecule has 0 saturated carbocycles. The molecular weight excluding hydrogens is 216 g/mol. The van der Waals surface area contributed by atoms with Crippen molar-refractivity contribution in [2.24, 2.45) is 7.05 Å². The quantitative estimate of drug-likeness (QED) is 0.716. The lowest BCUT2D eigenvalue weighted by molar-refractivity contribution is 0.0788. The predicted octanol–water partition coefficient (Wildman–Crippen LogP) is 1.20. The monoisotopic (exact) mass is 232 g/mol. The Kier molecular flexibility index (Phi) is 4.46. The van der Waals surface area contributed by atoms with E-state index in [-0.39, 0.29) is 17.0 Å². The average Bonchev–Trinajstić information content (AvgIpc) is 2.31. The third-order valence-electron chi connectivity index (χ3n) is 2.34. The number of nitrogens with zero attached hydrogens (tertiary/aromatic N) is 2. The summed E-state index contributed by atoms with van der Waals surface area (Å²) in [6.07, 6.45) is 4.86. The standard InChI is InChI=1S/C13H16N2O2/c1-4-8-15(9-5-2)13(17)11-7-6-10-14(3)12(11)16/h4-7,10H,1-2,8-9H2,3H3. The van der Waals surface area contributed by atoms with Crippen LogP contribution >= 0.6 is 0 Å². The molecule has 90 valence electrons. The Morgan fingerprint density at radius 1 is 1.41 bits per heavy atom. The van der Waals surface area contributed by atoms with Gasteiger partial charge in [0.05, 0.1) is 0 Å². The smallest absolute Gasteiger partial charge is 0.263 e. The molecule has 1 heterocycles. The summed E-state index contributed by atoms with van der Waals surface area (Å²) in [5.41, 5.74) is -0.130. The van der Waals surface area contributed by atoms with E-state index in [2.05, 4.69) is 13.2 Å². The van der Waals surface area contributed by atoms with Gasteiger partial charge in [0.1, 0.15) is 5.56 Å². The maximum Gasteiger partial charge on any atom is 0.263 e. The Morgan fingerprint density at radius 2 is 2.00 bits per heavy atom. The summed E-state index contributed by atoms with van der Waals surface area (Å²) in [6.45, 7) is 7.96. The SMILES string of the molecule is C=CCN(CC=C)C(=O)c1cccn(C)c1=O. The third-order valence-corrected chi connectivity index (χ3v) is 2.34. The molecule has 0 aromatic carbocycles. The number of amides is 1. The highest BCUT2D eigenvalue weighted by Gasteiger charge is 2.16. The fraction of sp³-hybridized carbons (Fsp3) is 0.231. The topological polar surface area (TPSA) is 42.3 Å². The van der Waals surface area contributed by atoms with Crippen molar-refractivity contribution in [1.29, 1.82) is 0 Å². The molecule has 4 nitrogen and oxygen atoms in total. The molecule has 0 bridgehead atoms. The largest absolute Gasteiger partial charge is 0.331 e. The lowest BCUT2D eigenvalue weighted by atomic mass is 10.2. The number of pyridine rings is 1. The van der Waals surface area contributed by atoms with Gasteiger partial charge in [-0.1, -0.05) is 12.2 Å². The minimum atomic E-state index is -0.300. The van der Waals surface area contributed by atoms with Crippen LogP contribution in [0.25, 0.3) is 0 Å². The summed E-state index contributed by atoms with van der Waals surface area (Å²) >= 11 is 0. The average molecular weight is 232 g/mol. The fourth-order valence-electron chi connectivity index (χ4n) is 1.48. The van der Waals surface area contributed by atoms with Crippen LogP contribution in [0.4, 0.5) is 0 Å². The van der Waals surface area contributed by atoms with Crippen LogP contribution in [-0.2, 0) is 7.05 Å². The highest BCUT2D eigenvalue weighted by molar-refractivity contribution is 5.94. The molecule has 0 aliphatic rings. The number of aromatic nitrogens is 1. The molecule has 4 heteroatoms. The Morgan fingerprint density at radius 3 is 2.53 bits per heavy atom. The van der Waals surface area contributed by atoms with E-state index in [9.17, 15) is 9.59 Å². The van der Waals surface area contributed by atoms with Crippen LogP contribution < -0.4 is 5.56 Å². The Hall–Kier alpha value is -2.10. The molecule has 0 aliphatic heterocycles. The molecule has 0 radical (unpaired) electrons. The van der Waals surface area contributed by atoms with E-state index in [1.165, 1.54) is 15.5 Å². The molecular formula is C13H16N2O2. The first-order chi connectivity index (χ1) is 8.11. The minimum absolute atomic E-state index is 0.165. The van der Waals surface area contributed by atoms with Crippen molar-refractivity contribution in [2.45, 2.75) is 0 Å². The summed E-state index contributed by atoms with van der Waals surface area (Å²) in [4.78, 5) is 25.4. The normalized spacial score (nSPS) is 9.71. The van der Waals surface area contributed by atoms with Gasteiger partial charge in [-0.15, -0.1) is 13.2 Å². The number of aryl methyl sites for hydroxylation is 1. The van der Waals surface area contributed by atoms with E-state index >= 15 is 0 Å². The zero-order valence-corrected chi connectivity index (χ0v) is 9.93.